The Kier molecular flexibility index (Phi) is 12.1. The average Bonchev–Trinajstić information content (AvgIpc) is 2.56. The summed E-state index contributed by atoms with van der Waals surface area (Å²) in [5.41, 5.74) is 2.66. The van der Waals surface area contributed by atoms with Crippen LogP contribution in [0.25, 0.3) is 0 Å². The Morgan fingerprint density at radius 2 is 1.83 bits per heavy atom. The van der Waals surface area contributed by atoms with E-state index >= 15 is 0 Å². The van der Waals surface area contributed by atoms with Crippen molar-refractivity contribution in [1.82, 2.24) is 15.5 Å². The number of benzene rings is 1. The number of nitrogens with zero attached hydrogens (tertiary/aromatic N) is 2. The molecule has 0 amide bonds. The van der Waals surface area contributed by atoms with Crippen LogP contribution in [0.1, 0.15) is 45.2 Å². The van der Waals surface area contributed by atoms with Crippen molar-refractivity contribution < 1.29 is 0 Å². The summed E-state index contributed by atoms with van der Waals surface area (Å²) in [6.07, 6.45) is 1.08. The van der Waals surface area contributed by atoms with Gasteiger partial charge in [-0.15, -0.1) is 24.0 Å². The van der Waals surface area contributed by atoms with Gasteiger partial charge >= 0.3 is 0 Å². The van der Waals surface area contributed by atoms with Crippen LogP contribution in [0, 0.1) is 0 Å². The van der Waals surface area contributed by atoms with Crippen LogP contribution in [0.15, 0.2) is 29.3 Å². The summed E-state index contributed by atoms with van der Waals surface area (Å²) in [7, 11) is 1.81. The lowest BCUT2D eigenvalue weighted by atomic mass is 10.1. The minimum absolute atomic E-state index is 0. The molecule has 0 bridgehead atoms. The van der Waals surface area contributed by atoms with Crippen molar-refractivity contribution in [3.63, 3.8) is 0 Å². The summed E-state index contributed by atoms with van der Waals surface area (Å²) < 4.78 is 0. The van der Waals surface area contributed by atoms with Crippen LogP contribution in [0.4, 0.5) is 0 Å². The first-order valence-electron chi connectivity index (χ1n) is 8.40. The number of aliphatic imine (C=N–C) groups is 1. The number of nitrogens with one attached hydrogen (secondary N) is 2. The van der Waals surface area contributed by atoms with Crippen molar-refractivity contribution >= 4 is 29.9 Å². The summed E-state index contributed by atoms with van der Waals surface area (Å²) >= 11 is 0. The standard InChI is InChI=1S/C18H32N4.HI/c1-6-15(4)21-18(19-5)20-13-16-10-9-11-17(12-16)14-22(7-2)8-3;/h9-12,15H,6-8,13-14H2,1-5H3,(H2,19,20,21);1H. The first kappa shape index (κ1) is 22.2. The van der Waals surface area contributed by atoms with Crippen LogP contribution in [0.3, 0.4) is 0 Å². The molecule has 0 fully saturated rings. The van der Waals surface area contributed by atoms with Crippen LogP contribution in [-0.4, -0.2) is 37.0 Å². The van der Waals surface area contributed by atoms with Crippen LogP contribution in [-0.2, 0) is 13.1 Å². The second-order valence-corrected chi connectivity index (χ2v) is 5.66. The summed E-state index contributed by atoms with van der Waals surface area (Å²) in [6.45, 7) is 12.7. The predicted molar refractivity (Wildman–Crippen MR) is 112 cm³/mol. The zero-order chi connectivity index (χ0) is 16.4. The molecule has 0 aliphatic rings. The van der Waals surface area contributed by atoms with E-state index < -0.39 is 0 Å². The molecule has 1 aromatic carbocycles. The molecule has 1 rings (SSSR count). The molecule has 0 heterocycles. The topological polar surface area (TPSA) is 39.7 Å². The van der Waals surface area contributed by atoms with E-state index in [-0.39, 0.29) is 24.0 Å². The van der Waals surface area contributed by atoms with Gasteiger partial charge in [0.25, 0.3) is 0 Å². The molecule has 4 nitrogen and oxygen atoms in total. The van der Waals surface area contributed by atoms with Gasteiger partial charge in [0.1, 0.15) is 0 Å². The van der Waals surface area contributed by atoms with Gasteiger partial charge in [0.15, 0.2) is 5.96 Å². The third kappa shape index (κ3) is 8.55. The Hall–Kier alpha value is -0.820. The fraction of sp³-hybridized carbons (Fsp3) is 0.611. The molecule has 2 N–H and O–H groups in total. The largest absolute Gasteiger partial charge is 0.354 e. The minimum Gasteiger partial charge on any atom is -0.354 e. The normalized spacial score (nSPS) is 12.7. The number of halogens is 1. The van der Waals surface area contributed by atoms with E-state index in [1.807, 2.05) is 7.05 Å². The van der Waals surface area contributed by atoms with Gasteiger partial charge in [-0.2, -0.15) is 0 Å². The highest BCUT2D eigenvalue weighted by Crippen LogP contribution is 2.08. The molecule has 1 atom stereocenters. The second kappa shape index (κ2) is 12.6. The summed E-state index contributed by atoms with van der Waals surface area (Å²) in [5, 5.41) is 6.77. The fourth-order valence-electron chi connectivity index (χ4n) is 2.26. The molecule has 1 unspecified atom stereocenters. The molecule has 0 spiro atoms. The number of hydrogen-bond acceptors (Lipinski definition) is 2. The Morgan fingerprint density at radius 1 is 1.17 bits per heavy atom. The number of guanidine groups is 1. The minimum atomic E-state index is 0. The van der Waals surface area contributed by atoms with Crippen molar-refractivity contribution in [3.05, 3.63) is 35.4 Å². The smallest absolute Gasteiger partial charge is 0.191 e. The maximum Gasteiger partial charge on any atom is 0.191 e. The Bertz CT molecular complexity index is 458. The Labute approximate surface area is 159 Å². The molecule has 132 valence electrons. The SMILES string of the molecule is CCC(C)NC(=NC)NCc1cccc(CN(CC)CC)c1.I. The first-order chi connectivity index (χ1) is 10.6. The average molecular weight is 432 g/mol. The monoisotopic (exact) mass is 432 g/mol. The summed E-state index contributed by atoms with van der Waals surface area (Å²) in [5.74, 6) is 0.864. The maximum atomic E-state index is 4.27. The molecule has 0 aromatic heterocycles. The van der Waals surface area contributed by atoms with Gasteiger partial charge in [0, 0.05) is 26.2 Å². The van der Waals surface area contributed by atoms with E-state index in [2.05, 4.69) is 72.5 Å². The zero-order valence-electron chi connectivity index (χ0n) is 15.2. The van der Waals surface area contributed by atoms with Crippen molar-refractivity contribution in [2.75, 3.05) is 20.1 Å². The van der Waals surface area contributed by atoms with Crippen LogP contribution >= 0.6 is 24.0 Å². The van der Waals surface area contributed by atoms with Gasteiger partial charge in [0.05, 0.1) is 0 Å². The number of hydrogen-bond donors (Lipinski definition) is 2. The van der Waals surface area contributed by atoms with Crippen LogP contribution in [0.5, 0.6) is 0 Å². The van der Waals surface area contributed by atoms with E-state index in [1.54, 1.807) is 0 Å². The molecule has 0 aliphatic heterocycles. The lowest BCUT2D eigenvalue weighted by Gasteiger charge is -2.19. The molecule has 5 heteroatoms. The highest BCUT2D eigenvalue weighted by atomic mass is 127. The molecular weight excluding hydrogens is 399 g/mol. The van der Waals surface area contributed by atoms with Crippen molar-refractivity contribution in [2.45, 2.75) is 53.2 Å². The Balaban J connectivity index is 0.00000484. The lowest BCUT2D eigenvalue weighted by Crippen LogP contribution is -2.41. The van der Waals surface area contributed by atoms with Gasteiger partial charge in [-0.1, -0.05) is 45.0 Å². The first-order valence-corrected chi connectivity index (χ1v) is 8.40. The highest BCUT2D eigenvalue weighted by Gasteiger charge is 2.04. The van der Waals surface area contributed by atoms with Crippen molar-refractivity contribution in [2.24, 2.45) is 4.99 Å². The van der Waals surface area contributed by atoms with Gasteiger partial charge in [-0.25, -0.2) is 0 Å². The summed E-state index contributed by atoms with van der Waals surface area (Å²) in [6, 6.07) is 9.21. The van der Waals surface area contributed by atoms with Crippen molar-refractivity contribution in [3.8, 4) is 0 Å². The second-order valence-electron chi connectivity index (χ2n) is 5.66. The van der Waals surface area contributed by atoms with Crippen molar-refractivity contribution in [1.29, 1.82) is 0 Å². The molecule has 0 saturated heterocycles. The van der Waals surface area contributed by atoms with Gasteiger partial charge < -0.3 is 10.6 Å². The van der Waals surface area contributed by atoms with E-state index in [9.17, 15) is 0 Å². The van der Waals surface area contributed by atoms with E-state index in [0.717, 1.165) is 38.6 Å². The predicted octanol–water partition coefficient (Wildman–Crippen LogP) is 3.61. The fourth-order valence-corrected chi connectivity index (χ4v) is 2.26. The Morgan fingerprint density at radius 3 is 2.39 bits per heavy atom. The van der Waals surface area contributed by atoms with Gasteiger partial charge in [0.2, 0.25) is 0 Å². The van der Waals surface area contributed by atoms with E-state index in [1.165, 1.54) is 11.1 Å². The van der Waals surface area contributed by atoms with Crippen LogP contribution in [0.2, 0.25) is 0 Å². The van der Waals surface area contributed by atoms with Gasteiger partial charge in [-0.05, 0) is 37.6 Å². The molecular formula is C18H33IN4. The number of rotatable bonds is 8. The zero-order valence-corrected chi connectivity index (χ0v) is 17.6. The maximum absolute atomic E-state index is 4.27. The third-order valence-corrected chi connectivity index (χ3v) is 3.97. The quantitative estimate of drug-likeness (QED) is 0.375. The molecule has 0 radical (unpaired) electrons. The molecule has 0 saturated carbocycles. The summed E-state index contributed by atoms with van der Waals surface area (Å²) in [4.78, 5) is 6.70. The van der Waals surface area contributed by atoms with Crippen LogP contribution < -0.4 is 10.6 Å². The molecule has 1 aromatic rings. The highest BCUT2D eigenvalue weighted by molar-refractivity contribution is 14.0. The molecule has 23 heavy (non-hydrogen) atoms. The third-order valence-electron chi connectivity index (χ3n) is 3.97. The van der Waals surface area contributed by atoms with Gasteiger partial charge in [-0.3, -0.25) is 9.89 Å². The lowest BCUT2D eigenvalue weighted by molar-refractivity contribution is 0.296. The molecule has 0 aliphatic carbocycles. The van der Waals surface area contributed by atoms with E-state index in [0.29, 0.717) is 6.04 Å². The van der Waals surface area contributed by atoms with E-state index in [4.69, 9.17) is 0 Å².